The summed E-state index contributed by atoms with van der Waals surface area (Å²) in [5.41, 5.74) is 0.482. The highest BCUT2D eigenvalue weighted by molar-refractivity contribution is 5.94. The van der Waals surface area contributed by atoms with Crippen LogP contribution in [0.15, 0.2) is 24.5 Å². The Kier molecular flexibility index (Phi) is 7.36. The lowest BCUT2D eigenvalue weighted by molar-refractivity contribution is -0.150. The van der Waals surface area contributed by atoms with Crippen LogP contribution in [0.25, 0.3) is 0 Å². The number of hydrogen-bond acceptors (Lipinski definition) is 6. The first-order chi connectivity index (χ1) is 13.6. The van der Waals surface area contributed by atoms with Crippen LogP contribution in [0.3, 0.4) is 0 Å². The molecule has 0 unspecified atom stereocenters. The van der Waals surface area contributed by atoms with Crippen LogP contribution in [0.4, 0.5) is 0 Å². The number of aliphatic hydroxyl groups excluding tert-OH is 1. The van der Waals surface area contributed by atoms with Gasteiger partial charge in [-0.25, -0.2) is 0 Å². The van der Waals surface area contributed by atoms with E-state index in [1.807, 2.05) is 6.92 Å². The van der Waals surface area contributed by atoms with Crippen LogP contribution >= 0.6 is 0 Å². The zero-order valence-corrected chi connectivity index (χ0v) is 16.3. The molecular weight excluding hydrogens is 362 g/mol. The Labute approximate surface area is 165 Å². The molecule has 8 heteroatoms. The molecule has 2 fully saturated rings. The molecule has 1 aromatic rings. The number of rotatable bonds is 5. The molecule has 3 rings (SSSR count). The van der Waals surface area contributed by atoms with Gasteiger partial charge in [-0.05, 0) is 31.4 Å². The largest absolute Gasteiger partial charge is 0.389 e. The molecule has 0 saturated carbocycles. The van der Waals surface area contributed by atoms with Crippen molar-refractivity contribution in [3.63, 3.8) is 0 Å². The highest BCUT2D eigenvalue weighted by Crippen LogP contribution is 2.28. The Bertz CT molecular complexity index is 657. The number of aromatic nitrogens is 1. The van der Waals surface area contributed by atoms with Gasteiger partial charge in [-0.1, -0.05) is 6.92 Å². The maximum atomic E-state index is 13.1. The van der Waals surface area contributed by atoms with E-state index in [1.54, 1.807) is 23.2 Å². The number of carbonyl (C=O) groups is 2. The molecule has 0 aliphatic carbocycles. The summed E-state index contributed by atoms with van der Waals surface area (Å²) in [6, 6.07) is 3.23. The van der Waals surface area contributed by atoms with Gasteiger partial charge in [0.2, 0.25) is 5.91 Å². The Balaban J connectivity index is 1.70. The molecule has 0 bridgehead atoms. The molecule has 4 atom stereocenters. The number of pyridine rings is 1. The number of β-amino-alcohol motifs (C(OH)–C–C–N with tert-alkyl or cyclic N) is 1. The summed E-state index contributed by atoms with van der Waals surface area (Å²) in [4.78, 5) is 30.8. The van der Waals surface area contributed by atoms with E-state index in [2.05, 4.69) is 10.3 Å². The van der Waals surface area contributed by atoms with Gasteiger partial charge in [0.1, 0.15) is 6.10 Å². The van der Waals surface area contributed by atoms with E-state index in [0.717, 1.165) is 6.42 Å². The first-order valence-electron chi connectivity index (χ1n) is 9.97. The van der Waals surface area contributed by atoms with Gasteiger partial charge in [0, 0.05) is 25.5 Å². The molecule has 154 valence electrons. The van der Waals surface area contributed by atoms with E-state index in [-0.39, 0.29) is 49.8 Å². The van der Waals surface area contributed by atoms with Gasteiger partial charge in [-0.15, -0.1) is 0 Å². The van der Waals surface area contributed by atoms with Gasteiger partial charge < -0.3 is 24.8 Å². The maximum absolute atomic E-state index is 13.1. The van der Waals surface area contributed by atoms with Crippen molar-refractivity contribution in [3.05, 3.63) is 30.1 Å². The lowest BCUT2D eigenvalue weighted by Crippen LogP contribution is -2.57. The van der Waals surface area contributed by atoms with E-state index in [9.17, 15) is 14.7 Å². The first-order valence-corrected chi connectivity index (χ1v) is 9.97. The van der Waals surface area contributed by atoms with Gasteiger partial charge in [0.05, 0.1) is 43.4 Å². The summed E-state index contributed by atoms with van der Waals surface area (Å²) in [5, 5.41) is 13.1. The van der Waals surface area contributed by atoms with Gasteiger partial charge in [-0.3, -0.25) is 14.6 Å². The molecule has 0 aromatic carbocycles. The molecule has 1 aromatic heterocycles. The fraction of sp³-hybridized carbons (Fsp3) is 0.650. The Morgan fingerprint density at radius 2 is 2.21 bits per heavy atom. The molecule has 2 aliphatic heterocycles. The molecule has 0 spiro atoms. The standard InChI is InChI=1S/C20H29N3O5/c1-2-7-22-19(25)9-16-5-6-17-18(28-16)13-27-12-15(24)11-23(17)20(26)14-4-3-8-21-10-14/h3-4,8,10,15-18,24H,2,5-7,9,11-13H2,1H3,(H,22,25)/t15-,16+,17+,18-/m0/s1. The lowest BCUT2D eigenvalue weighted by Gasteiger charge is -2.44. The second-order valence-corrected chi connectivity index (χ2v) is 7.39. The fourth-order valence-corrected chi connectivity index (χ4v) is 3.77. The average molecular weight is 391 g/mol. The average Bonchev–Trinajstić information content (AvgIpc) is 2.70. The second-order valence-electron chi connectivity index (χ2n) is 7.39. The fourth-order valence-electron chi connectivity index (χ4n) is 3.77. The number of ether oxygens (including phenoxy) is 2. The normalized spacial score (nSPS) is 28.0. The lowest BCUT2D eigenvalue weighted by atomic mass is 9.94. The van der Waals surface area contributed by atoms with Crippen molar-refractivity contribution < 1.29 is 24.2 Å². The second kappa shape index (κ2) is 9.95. The predicted octanol–water partition coefficient (Wildman–Crippen LogP) is 0.747. The van der Waals surface area contributed by atoms with Crippen LogP contribution in [0.2, 0.25) is 0 Å². The third-order valence-corrected chi connectivity index (χ3v) is 5.14. The number of hydrogen-bond donors (Lipinski definition) is 2. The van der Waals surface area contributed by atoms with E-state index < -0.39 is 6.10 Å². The van der Waals surface area contributed by atoms with E-state index in [0.29, 0.717) is 31.4 Å². The van der Waals surface area contributed by atoms with Crippen LogP contribution in [0.1, 0.15) is 43.0 Å². The van der Waals surface area contributed by atoms with Crippen LogP contribution < -0.4 is 5.32 Å². The van der Waals surface area contributed by atoms with Crippen LogP contribution in [-0.4, -0.2) is 77.5 Å². The first kappa shape index (κ1) is 20.7. The highest BCUT2D eigenvalue weighted by Gasteiger charge is 2.40. The minimum absolute atomic E-state index is 0.0178. The van der Waals surface area contributed by atoms with Crippen LogP contribution in [0, 0.1) is 0 Å². The minimum atomic E-state index is -0.751. The summed E-state index contributed by atoms with van der Waals surface area (Å²) in [6.07, 6.45) is 4.45. The highest BCUT2D eigenvalue weighted by atomic mass is 16.5. The molecule has 3 heterocycles. The third-order valence-electron chi connectivity index (χ3n) is 5.14. The molecule has 2 aliphatic rings. The third kappa shape index (κ3) is 5.27. The summed E-state index contributed by atoms with van der Waals surface area (Å²) in [7, 11) is 0. The van der Waals surface area contributed by atoms with Crippen molar-refractivity contribution in [2.75, 3.05) is 26.3 Å². The molecule has 8 nitrogen and oxygen atoms in total. The van der Waals surface area contributed by atoms with Crippen molar-refractivity contribution in [1.29, 1.82) is 0 Å². The molecule has 0 radical (unpaired) electrons. The van der Waals surface area contributed by atoms with Gasteiger partial charge in [0.25, 0.3) is 5.91 Å². The van der Waals surface area contributed by atoms with Gasteiger partial charge >= 0.3 is 0 Å². The van der Waals surface area contributed by atoms with E-state index in [1.165, 1.54) is 6.20 Å². The molecule has 2 N–H and O–H groups in total. The topological polar surface area (TPSA) is 101 Å². The molecule has 2 saturated heterocycles. The SMILES string of the molecule is CCCNC(=O)C[C@H]1CC[C@@H]2[C@H](COC[C@@H](O)CN2C(=O)c2cccnc2)O1. The Morgan fingerprint density at radius 3 is 2.96 bits per heavy atom. The molecule has 2 amide bonds. The van der Waals surface area contributed by atoms with Crippen molar-refractivity contribution in [1.82, 2.24) is 15.2 Å². The Hall–Kier alpha value is -2.03. The zero-order valence-electron chi connectivity index (χ0n) is 16.3. The number of fused-ring (bicyclic) bond motifs is 1. The number of carbonyl (C=O) groups excluding carboxylic acids is 2. The van der Waals surface area contributed by atoms with Crippen molar-refractivity contribution in [2.24, 2.45) is 0 Å². The number of nitrogens with zero attached hydrogens (tertiary/aromatic N) is 2. The number of nitrogens with one attached hydrogen (secondary N) is 1. The quantitative estimate of drug-likeness (QED) is 0.768. The van der Waals surface area contributed by atoms with E-state index in [4.69, 9.17) is 9.47 Å². The van der Waals surface area contributed by atoms with E-state index >= 15 is 0 Å². The van der Waals surface area contributed by atoms with Gasteiger partial charge in [-0.2, -0.15) is 0 Å². The van der Waals surface area contributed by atoms with Crippen molar-refractivity contribution in [3.8, 4) is 0 Å². The number of amides is 2. The predicted molar refractivity (Wildman–Crippen MR) is 102 cm³/mol. The summed E-state index contributed by atoms with van der Waals surface area (Å²) in [5.74, 6) is -0.192. The summed E-state index contributed by atoms with van der Waals surface area (Å²) in [6.45, 7) is 3.28. The Morgan fingerprint density at radius 1 is 1.36 bits per heavy atom. The summed E-state index contributed by atoms with van der Waals surface area (Å²) >= 11 is 0. The van der Waals surface area contributed by atoms with Crippen molar-refractivity contribution >= 4 is 11.8 Å². The van der Waals surface area contributed by atoms with Gasteiger partial charge in [0.15, 0.2) is 0 Å². The smallest absolute Gasteiger partial charge is 0.255 e. The summed E-state index contributed by atoms with van der Waals surface area (Å²) < 4.78 is 11.7. The monoisotopic (exact) mass is 391 g/mol. The maximum Gasteiger partial charge on any atom is 0.255 e. The van der Waals surface area contributed by atoms with Crippen LogP contribution in [0.5, 0.6) is 0 Å². The van der Waals surface area contributed by atoms with Crippen LogP contribution in [-0.2, 0) is 14.3 Å². The van der Waals surface area contributed by atoms with Crippen molar-refractivity contribution in [2.45, 2.75) is 57.0 Å². The number of aliphatic hydroxyl groups is 1. The molecule has 28 heavy (non-hydrogen) atoms. The molecular formula is C20H29N3O5. The minimum Gasteiger partial charge on any atom is -0.389 e. The zero-order chi connectivity index (χ0) is 19.9.